The zero-order valence-electron chi connectivity index (χ0n) is 9.91. The maximum Gasteiger partial charge on any atom is 0.138 e. The van der Waals surface area contributed by atoms with Crippen molar-refractivity contribution < 1.29 is 9.13 Å². The molecule has 2 aromatic rings. The van der Waals surface area contributed by atoms with E-state index < -0.39 is 0 Å². The summed E-state index contributed by atoms with van der Waals surface area (Å²) in [6, 6.07) is 9.84. The van der Waals surface area contributed by atoms with Crippen molar-refractivity contribution >= 4 is 17.3 Å². The second-order valence-electron chi connectivity index (χ2n) is 4.12. The standard InChI is InChI=1S/C14H13ClFNO/c1-9-2-3-14(13(15)4-9)18-8-10-5-11(16)7-12(17)6-10/h2-7H,8,17H2,1H3. The van der Waals surface area contributed by atoms with E-state index in [0.29, 0.717) is 22.0 Å². The molecule has 0 aromatic heterocycles. The molecule has 18 heavy (non-hydrogen) atoms. The SMILES string of the molecule is Cc1ccc(OCc2cc(N)cc(F)c2)c(Cl)c1. The minimum atomic E-state index is -0.372. The molecule has 4 heteroatoms. The predicted octanol–water partition coefficient (Wildman–Crippen LogP) is 3.95. The Bertz CT molecular complexity index is 551. The van der Waals surface area contributed by atoms with Crippen LogP contribution in [-0.2, 0) is 6.61 Å². The highest BCUT2D eigenvalue weighted by Gasteiger charge is 2.03. The van der Waals surface area contributed by atoms with Crippen LogP contribution in [0.2, 0.25) is 5.02 Å². The summed E-state index contributed by atoms with van der Waals surface area (Å²) in [6.07, 6.45) is 0. The fourth-order valence-electron chi connectivity index (χ4n) is 1.64. The van der Waals surface area contributed by atoms with Gasteiger partial charge in [0.2, 0.25) is 0 Å². The number of ether oxygens (including phenoxy) is 1. The average Bonchev–Trinajstić information content (AvgIpc) is 2.26. The molecule has 2 aromatic carbocycles. The van der Waals surface area contributed by atoms with Crippen molar-refractivity contribution in [2.24, 2.45) is 0 Å². The van der Waals surface area contributed by atoms with Crippen LogP contribution in [0.15, 0.2) is 36.4 Å². The van der Waals surface area contributed by atoms with Gasteiger partial charge in [0.05, 0.1) is 5.02 Å². The van der Waals surface area contributed by atoms with Crippen molar-refractivity contribution in [1.82, 2.24) is 0 Å². The van der Waals surface area contributed by atoms with Crippen LogP contribution in [-0.4, -0.2) is 0 Å². The van der Waals surface area contributed by atoms with E-state index in [4.69, 9.17) is 22.1 Å². The van der Waals surface area contributed by atoms with Gasteiger partial charge in [-0.15, -0.1) is 0 Å². The van der Waals surface area contributed by atoms with Gasteiger partial charge in [-0.2, -0.15) is 0 Å². The zero-order chi connectivity index (χ0) is 13.1. The Hall–Kier alpha value is -1.74. The molecule has 0 spiro atoms. The van der Waals surface area contributed by atoms with Gasteiger partial charge in [0, 0.05) is 5.69 Å². The molecule has 0 heterocycles. The summed E-state index contributed by atoms with van der Waals surface area (Å²) < 4.78 is 18.7. The first-order chi connectivity index (χ1) is 8.54. The molecule has 0 aliphatic carbocycles. The monoisotopic (exact) mass is 265 g/mol. The summed E-state index contributed by atoms with van der Waals surface area (Å²) in [5, 5.41) is 0.541. The Kier molecular flexibility index (Phi) is 3.72. The Morgan fingerprint density at radius 1 is 1.22 bits per heavy atom. The molecule has 0 bridgehead atoms. The van der Waals surface area contributed by atoms with Crippen LogP contribution in [0.5, 0.6) is 5.75 Å². The smallest absolute Gasteiger partial charge is 0.138 e. The number of benzene rings is 2. The maximum absolute atomic E-state index is 13.1. The van der Waals surface area contributed by atoms with Crippen molar-refractivity contribution in [3.05, 3.63) is 58.4 Å². The van der Waals surface area contributed by atoms with E-state index in [1.165, 1.54) is 12.1 Å². The van der Waals surface area contributed by atoms with Crippen LogP contribution >= 0.6 is 11.6 Å². The van der Waals surface area contributed by atoms with E-state index in [-0.39, 0.29) is 12.4 Å². The highest BCUT2D eigenvalue weighted by Crippen LogP contribution is 2.26. The summed E-state index contributed by atoms with van der Waals surface area (Å²) in [5.74, 6) is 0.203. The molecule has 0 radical (unpaired) electrons. The van der Waals surface area contributed by atoms with Crippen LogP contribution < -0.4 is 10.5 Å². The number of nitrogens with two attached hydrogens (primary N) is 1. The molecule has 0 fully saturated rings. The van der Waals surface area contributed by atoms with Gasteiger partial charge in [-0.1, -0.05) is 17.7 Å². The van der Waals surface area contributed by atoms with E-state index in [2.05, 4.69) is 0 Å². The Morgan fingerprint density at radius 2 is 2.00 bits per heavy atom. The largest absolute Gasteiger partial charge is 0.487 e. The van der Waals surface area contributed by atoms with Crippen molar-refractivity contribution in [1.29, 1.82) is 0 Å². The van der Waals surface area contributed by atoms with Gasteiger partial charge in [-0.3, -0.25) is 0 Å². The molecule has 2 rings (SSSR count). The average molecular weight is 266 g/mol. The lowest BCUT2D eigenvalue weighted by atomic mass is 10.2. The molecule has 0 aliphatic heterocycles. The Balaban J connectivity index is 2.11. The minimum Gasteiger partial charge on any atom is -0.487 e. The molecule has 0 atom stereocenters. The van der Waals surface area contributed by atoms with Gasteiger partial charge < -0.3 is 10.5 Å². The molecular weight excluding hydrogens is 253 g/mol. The predicted molar refractivity (Wildman–Crippen MR) is 71.3 cm³/mol. The topological polar surface area (TPSA) is 35.2 Å². The van der Waals surface area contributed by atoms with Crippen LogP contribution in [0, 0.1) is 12.7 Å². The highest BCUT2D eigenvalue weighted by atomic mass is 35.5. The first-order valence-electron chi connectivity index (χ1n) is 5.48. The lowest BCUT2D eigenvalue weighted by molar-refractivity contribution is 0.306. The molecule has 2 N–H and O–H groups in total. The number of nitrogen functional groups attached to an aromatic ring is 1. The third-order valence-electron chi connectivity index (χ3n) is 2.46. The lowest BCUT2D eigenvalue weighted by Crippen LogP contribution is -1.98. The van der Waals surface area contributed by atoms with Crippen molar-refractivity contribution in [3.63, 3.8) is 0 Å². The van der Waals surface area contributed by atoms with Gasteiger partial charge in [0.25, 0.3) is 0 Å². The molecule has 0 aliphatic rings. The quantitative estimate of drug-likeness (QED) is 0.853. The molecular formula is C14H13ClFNO. The van der Waals surface area contributed by atoms with Crippen molar-refractivity contribution in [2.45, 2.75) is 13.5 Å². The van der Waals surface area contributed by atoms with E-state index in [1.807, 2.05) is 19.1 Å². The number of hydrogen-bond acceptors (Lipinski definition) is 2. The third-order valence-corrected chi connectivity index (χ3v) is 2.76. The normalized spacial score (nSPS) is 10.4. The van der Waals surface area contributed by atoms with Crippen LogP contribution in [0.25, 0.3) is 0 Å². The molecule has 0 amide bonds. The van der Waals surface area contributed by atoms with Crippen LogP contribution in [0.3, 0.4) is 0 Å². The second-order valence-corrected chi connectivity index (χ2v) is 4.52. The van der Waals surface area contributed by atoms with Gasteiger partial charge in [0.15, 0.2) is 0 Å². The Labute approximate surface area is 110 Å². The summed E-state index contributed by atoms with van der Waals surface area (Å²) in [6.45, 7) is 2.17. The van der Waals surface area contributed by atoms with E-state index in [1.54, 1.807) is 12.1 Å². The summed E-state index contributed by atoms with van der Waals surface area (Å²) in [5.41, 5.74) is 7.66. The fourth-order valence-corrected chi connectivity index (χ4v) is 1.93. The summed E-state index contributed by atoms with van der Waals surface area (Å²) in [7, 11) is 0. The van der Waals surface area contributed by atoms with Gasteiger partial charge in [-0.25, -0.2) is 4.39 Å². The molecule has 2 nitrogen and oxygen atoms in total. The van der Waals surface area contributed by atoms with Crippen molar-refractivity contribution in [3.8, 4) is 5.75 Å². The van der Waals surface area contributed by atoms with E-state index in [0.717, 1.165) is 5.56 Å². The van der Waals surface area contributed by atoms with Crippen LogP contribution in [0.4, 0.5) is 10.1 Å². The number of halogens is 2. The first kappa shape index (κ1) is 12.7. The molecule has 0 unspecified atom stereocenters. The summed E-state index contributed by atoms with van der Waals surface area (Å²) in [4.78, 5) is 0. The lowest BCUT2D eigenvalue weighted by Gasteiger charge is -2.09. The minimum absolute atomic E-state index is 0.227. The number of aryl methyl sites for hydroxylation is 1. The molecule has 94 valence electrons. The third kappa shape index (κ3) is 3.14. The second kappa shape index (κ2) is 5.27. The van der Waals surface area contributed by atoms with Crippen LogP contribution in [0.1, 0.15) is 11.1 Å². The van der Waals surface area contributed by atoms with E-state index in [9.17, 15) is 4.39 Å². The van der Waals surface area contributed by atoms with Crippen molar-refractivity contribution in [2.75, 3.05) is 5.73 Å². The molecule has 0 saturated heterocycles. The van der Waals surface area contributed by atoms with Gasteiger partial charge in [0.1, 0.15) is 18.2 Å². The highest BCUT2D eigenvalue weighted by molar-refractivity contribution is 6.32. The number of anilines is 1. The van der Waals surface area contributed by atoms with E-state index >= 15 is 0 Å². The summed E-state index contributed by atoms with van der Waals surface area (Å²) >= 11 is 6.03. The fraction of sp³-hybridized carbons (Fsp3) is 0.143. The van der Waals surface area contributed by atoms with Gasteiger partial charge in [-0.05, 0) is 48.4 Å². The first-order valence-corrected chi connectivity index (χ1v) is 5.86. The number of hydrogen-bond donors (Lipinski definition) is 1. The Morgan fingerprint density at radius 3 is 2.67 bits per heavy atom. The maximum atomic E-state index is 13.1. The zero-order valence-corrected chi connectivity index (χ0v) is 10.7. The molecule has 0 saturated carbocycles. The number of rotatable bonds is 3. The van der Waals surface area contributed by atoms with Gasteiger partial charge >= 0.3 is 0 Å².